The number of thiocyanates is 1. The van der Waals surface area contributed by atoms with Gasteiger partial charge in [-0.3, -0.25) is 0 Å². The molecule has 0 atom stereocenters. The number of benzene rings is 4. The number of nitrogens with zero attached hydrogens (tertiary/aromatic N) is 1. The number of hydrogen-bond donors (Lipinski definition) is 1. The number of aryl methyl sites for hydroxylation is 1. The van der Waals surface area contributed by atoms with Crippen molar-refractivity contribution in [1.82, 2.24) is 0 Å². The Bertz CT molecular complexity index is 960. The average molecular weight is 414 g/mol. The summed E-state index contributed by atoms with van der Waals surface area (Å²) in [6, 6.07) is 42.2. The van der Waals surface area contributed by atoms with Gasteiger partial charge in [-0.1, -0.05) is 12.6 Å². The van der Waals surface area contributed by atoms with Crippen LogP contribution in [0, 0.1) is 17.6 Å². The number of hydrogen-bond acceptors (Lipinski definition) is 2. The topological polar surface area (TPSA) is 23.8 Å². The first-order valence-corrected chi connectivity index (χ1v) is 11.9. The van der Waals surface area contributed by atoms with E-state index in [4.69, 9.17) is 5.26 Å². The van der Waals surface area contributed by atoms with Crippen molar-refractivity contribution in [2.45, 2.75) is 6.92 Å². The molecule has 3 heteroatoms. The van der Waals surface area contributed by atoms with Crippen molar-refractivity contribution >= 4 is 41.1 Å². The molecule has 0 saturated heterocycles. The molecule has 0 unspecified atom stereocenters. The maximum Gasteiger partial charge on any atom is 0.130 e. The van der Waals surface area contributed by atoms with E-state index >= 15 is 0 Å². The van der Waals surface area contributed by atoms with Crippen molar-refractivity contribution in [2.75, 3.05) is 0 Å². The second-order valence-corrected chi connectivity index (χ2v) is 10.8. The molecular formula is C26H24NPS. The van der Waals surface area contributed by atoms with Gasteiger partial charge in [0.25, 0.3) is 0 Å². The monoisotopic (exact) mass is 413 g/mol. The van der Waals surface area contributed by atoms with Gasteiger partial charge in [0.05, 0.1) is 0 Å². The third-order valence-electron chi connectivity index (χ3n) is 5.10. The molecule has 4 rings (SSSR count). The quantitative estimate of drug-likeness (QED) is 0.292. The SMILES string of the molecule is Cc1ccc([PH](c2ccccc2)(c2ccccc2)c2ccccc2)cc1.N#CS. The zero-order chi connectivity index (χ0) is 20.5. The predicted molar refractivity (Wildman–Crippen MR) is 132 cm³/mol. The Labute approximate surface area is 179 Å². The molecule has 1 nitrogen and oxygen atoms in total. The van der Waals surface area contributed by atoms with Crippen LogP contribution in [0.5, 0.6) is 0 Å². The molecule has 0 amide bonds. The second kappa shape index (κ2) is 10.1. The minimum Gasteiger partial charge on any atom is -0.185 e. The van der Waals surface area contributed by atoms with Gasteiger partial charge in [0.1, 0.15) is 5.40 Å². The smallest absolute Gasteiger partial charge is 0.130 e. The largest absolute Gasteiger partial charge is 0.185 e. The van der Waals surface area contributed by atoms with Gasteiger partial charge >= 0.3 is 156 Å². The fourth-order valence-electron chi connectivity index (χ4n) is 3.87. The van der Waals surface area contributed by atoms with E-state index in [1.807, 2.05) is 0 Å². The summed E-state index contributed by atoms with van der Waals surface area (Å²) < 4.78 is 0. The molecule has 29 heavy (non-hydrogen) atoms. The van der Waals surface area contributed by atoms with Crippen LogP contribution in [0.1, 0.15) is 5.56 Å². The zero-order valence-corrected chi connectivity index (χ0v) is 18.3. The first kappa shape index (κ1) is 20.9. The summed E-state index contributed by atoms with van der Waals surface area (Å²) in [7, 11) is -2.32. The fraction of sp³-hybridized carbons (Fsp3) is 0.0385. The summed E-state index contributed by atoms with van der Waals surface area (Å²) in [5.41, 5.74) is 1.30. The Morgan fingerprint density at radius 2 is 0.828 bits per heavy atom. The van der Waals surface area contributed by atoms with Crippen molar-refractivity contribution in [1.29, 1.82) is 5.26 Å². The van der Waals surface area contributed by atoms with E-state index in [2.05, 4.69) is 135 Å². The van der Waals surface area contributed by atoms with E-state index in [9.17, 15) is 0 Å². The Hall–Kier alpha value is -2.85. The van der Waals surface area contributed by atoms with Gasteiger partial charge in [-0.25, -0.2) is 0 Å². The number of thiol groups is 1. The molecule has 0 spiro atoms. The predicted octanol–water partition coefficient (Wildman–Crippen LogP) is 4.74. The maximum atomic E-state index is 7.18. The number of rotatable bonds is 4. The fourth-order valence-corrected chi connectivity index (χ4v) is 8.61. The van der Waals surface area contributed by atoms with Crippen molar-refractivity contribution in [2.24, 2.45) is 0 Å². The summed E-state index contributed by atoms with van der Waals surface area (Å²) in [6.07, 6.45) is 0. The summed E-state index contributed by atoms with van der Waals surface area (Å²) in [6.45, 7) is 2.15. The van der Waals surface area contributed by atoms with Gasteiger partial charge in [-0.15, -0.1) is 0 Å². The molecule has 0 aliphatic heterocycles. The van der Waals surface area contributed by atoms with Crippen LogP contribution in [0.15, 0.2) is 115 Å². The van der Waals surface area contributed by atoms with Crippen molar-refractivity contribution in [3.8, 4) is 5.40 Å². The van der Waals surface area contributed by atoms with Crippen LogP contribution in [0.25, 0.3) is 0 Å². The Morgan fingerprint density at radius 3 is 1.14 bits per heavy atom. The summed E-state index contributed by atoms with van der Waals surface area (Å²) in [5.74, 6) is 0. The molecule has 0 fully saturated rings. The van der Waals surface area contributed by atoms with Gasteiger partial charge in [-0.05, 0) is 0 Å². The van der Waals surface area contributed by atoms with E-state index in [1.54, 1.807) is 0 Å². The van der Waals surface area contributed by atoms with E-state index < -0.39 is 7.26 Å². The van der Waals surface area contributed by atoms with Gasteiger partial charge in [0.2, 0.25) is 0 Å². The van der Waals surface area contributed by atoms with Gasteiger partial charge in [0.15, 0.2) is 0 Å². The third-order valence-corrected chi connectivity index (χ3v) is 9.90. The molecule has 4 aromatic rings. The molecule has 0 radical (unpaired) electrons. The summed E-state index contributed by atoms with van der Waals surface area (Å²) in [4.78, 5) is 0. The molecule has 0 aliphatic carbocycles. The minimum absolute atomic E-state index is 1.30. The van der Waals surface area contributed by atoms with Crippen molar-refractivity contribution < 1.29 is 0 Å². The molecule has 144 valence electrons. The molecule has 0 N–H and O–H groups in total. The Kier molecular flexibility index (Phi) is 7.25. The van der Waals surface area contributed by atoms with E-state index in [-0.39, 0.29) is 0 Å². The minimum atomic E-state index is -2.32. The molecule has 0 bridgehead atoms. The van der Waals surface area contributed by atoms with Crippen LogP contribution in [0.3, 0.4) is 0 Å². The standard InChI is InChI=1S/C25H23P.CHNS/c1-21-17-19-25(20-18-21)26(22-11-5-2-6-12-22,23-13-7-3-8-14-23)24-15-9-4-10-16-24;2-1-3/h2-20,26H,1H3;3H. The zero-order valence-electron chi connectivity index (χ0n) is 16.4. The van der Waals surface area contributed by atoms with Crippen LogP contribution in [0.4, 0.5) is 0 Å². The Balaban J connectivity index is 0.000000755. The first-order chi connectivity index (χ1) is 14.2. The van der Waals surface area contributed by atoms with Crippen molar-refractivity contribution in [3.05, 3.63) is 121 Å². The first-order valence-electron chi connectivity index (χ1n) is 9.50. The third kappa shape index (κ3) is 4.43. The van der Waals surface area contributed by atoms with Gasteiger partial charge < -0.3 is 0 Å². The number of nitriles is 1. The molecule has 0 aromatic heterocycles. The summed E-state index contributed by atoms with van der Waals surface area (Å²) >= 11 is 3.09. The van der Waals surface area contributed by atoms with Gasteiger partial charge in [0, 0.05) is 0 Å². The molecule has 0 aliphatic rings. The van der Waals surface area contributed by atoms with E-state index in [1.165, 1.54) is 32.2 Å². The van der Waals surface area contributed by atoms with Crippen LogP contribution in [-0.2, 0) is 0 Å². The van der Waals surface area contributed by atoms with Crippen LogP contribution >= 0.6 is 19.9 Å². The summed E-state index contributed by atoms with van der Waals surface area (Å²) in [5, 5.41) is 14.3. The molecule has 4 aromatic carbocycles. The molecule has 0 saturated carbocycles. The van der Waals surface area contributed by atoms with E-state index in [0.717, 1.165) is 0 Å². The van der Waals surface area contributed by atoms with Gasteiger partial charge in [-0.2, -0.15) is 5.26 Å². The average Bonchev–Trinajstić information content (AvgIpc) is 2.78. The second-order valence-electron chi connectivity index (χ2n) is 6.81. The maximum absolute atomic E-state index is 7.18. The normalized spacial score (nSPS) is 10.9. The Morgan fingerprint density at radius 1 is 0.552 bits per heavy atom. The van der Waals surface area contributed by atoms with Crippen LogP contribution < -0.4 is 21.2 Å². The van der Waals surface area contributed by atoms with E-state index in [0.29, 0.717) is 0 Å². The van der Waals surface area contributed by atoms with Crippen LogP contribution in [-0.4, -0.2) is 0 Å². The van der Waals surface area contributed by atoms with Crippen LogP contribution in [0.2, 0.25) is 0 Å². The molecule has 0 heterocycles. The van der Waals surface area contributed by atoms with Crippen molar-refractivity contribution in [3.63, 3.8) is 0 Å². The molecular weight excluding hydrogens is 389 g/mol.